The van der Waals surface area contributed by atoms with Gasteiger partial charge in [-0.15, -0.1) is 0 Å². The van der Waals surface area contributed by atoms with E-state index in [2.05, 4.69) is 20.4 Å². The quantitative estimate of drug-likeness (QED) is 0.191. The number of hydrogen-bond acceptors (Lipinski definition) is 7. The number of halogens is 6. The Balaban J connectivity index is 0.000000479. The molecule has 2 heterocycles. The Hall–Kier alpha value is -5.00. The number of amides is 2. The molecule has 1 saturated heterocycles. The average Bonchev–Trinajstić information content (AvgIpc) is 3.76. The number of carbonyl (C=O) groups is 3. The number of urea groups is 1. The van der Waals surface area contributed by atoms with E-state index in [1.165, 1.54) is 12.8 Å². The third kappa shape index (κ3) is 13.4. The molecule has 18 heteroatoms. The number of aromatic nitrogens is 2. The van der Waals surface area contributed by atoms with Crippen LogP contribution in [-0.4, -0.2) is 101 Å². The molecule has 0 bridgehead atoms. The number of ether oxygens (including phenoxy) is 2. The minimum absolute atomic E-state index is 0.154. The van der Waals surface area contributed by atoms with Crippen molar-refractivity contribution in [2.45, 2.75) is 38.2 Å². The number of alkyl halides is 6. The van der Waals surface area contributed by atoms with Gasteiger partial charge in [-0.25, -0.2) is 14.4 Å². The number of carboxylic acids is 2. The van der Waals surface area contributed by atoms with Gasteiger partial charge >= 0.3 is 30.3 Å². The molecule has 1 fully saturated rings. The minimum Gasteiger partial charge on any atom is -0.497 e. The summed E-state index contributed by atoms with van der Waals surface area (Å²) in [4.78, 5) is 35.5. The van der Waals surface area contributed by atoms with Crippen LogP contribution >= 0.6 is 0 Å². The Bertz CT molecular complexity index is 1440. The fourth-order valence-electron chi connectivity index (χ4n) is 4.31. The average molecular weight is 692 g/mol. The topological polar surface area (TPSA) is 157 Å². The number of nitrogens with zero attached hydrogens (tertiary/aromatic N) is 3. The molecule has 0 spiro atoms. The first kappa shape index (κ1) is 39.2. The number of hydrogen-bond donors (Lipinski definition) is 4. The molecule has 0 radical (unpaired) electrons. The summed E-state index contributed by atoms with van der Waals surface area (Å²) in [5.74, 6) is -4.13. The van der Waals surface area contributed by atoms with E-state index >= 15 is 0 Å². The summed E-state index contributed by atoms with van der Waals surface area (Å²) in [7, 11) is 3.26. The Morgan fingerprint density at radius 3 is 2.08 bits per heavy atom. The molecule has 2 amide bonds. The number of nitrogens with one attached hydrogen (secondary N) is 2. The highest BCUT2D eigenvalue weighted by Crippen LogP contribution is 2.31. The van der Waals surface area contributed by atoms with E-state index in [9.17, 15) is 31.1 Å². The van der Waals surface area contributed by atoms with Gasteiger partial charge in [-0.1, -0.05) is 18.2 Å². The number of benzene rings is 2. The summed E-state index contributed by atoms with van der Waals surface area (Å²) in [6.45, 7) is 4.47. The number of aromatic amines is 1. The molecule has 12 nitrogen and oxygen atoms in total. The van der Waals surface area contributed by atoms with Crippen molar-refractivity contribution in [3.8, 4) is 22.6 Å². The highest BCUT2D eigenvalue weighted by atomic mass is 19.4. The smallest absolute Gasteiger partial charge is 0.490 e. The molecule has 3 aromatic rings. The van der Waals surface area contributed by atoms with Crippen LogP contribution in [-0.2, 0) is 16.1 Å². The fourth-order valence-corrected chi connectivity index (χ4v) is 4.31. The van der Waals surface area contributed by atoms with Gasteiger partial charge in [0.1, 0.15) is 11.5 Å². The molecule has 1 aromatic heterocycles. The lowest BCUT2D eigenvalue weighted by molar-refractivity contribution is -0.193. The molecule has 1 aliphatic heterocycles. The Kier molecular flexibility index (Phi) is 15.0. The van der Waals surface area contributed by atoms with Gasteiger partial charge in [0.05, 0.1) is 26.1 Å². The van der Waals surface area contributed by atoms with Crippen LogP contribution in [0.3, 0.4) is 0 Å². The van der Waals surface area contributed by atoms with Crippen LogP contribution in [0.2, 0.25) is 0 Å². The third-order valence-corrected chi connectivity index (χ3v) is 6.66. The number of anilines is 1. The lowest BCUT2D eigenvalue weighted by Gasteiger charge is -2.25. The van der Waals surface area contributed by atoms with E-state index in [0.717, 1.165) is 48.5 Å². The minimum atomic E-state index is -5.08. The number of H-pyrrole nitrogens is 1. The van der Waals surface area contributed by atoms with Crippen molar-refractivity contribution in [1.82, 2.24) is 20.0 Å². The number of carbonyl (C=O) groups excluding carboxylic acids is 1. The summed E-state index contributed by atoms with van der Waals surface area (Å²) in [6, 6.07) is 13.4. The summed E-state index contributed by atoms with van der Waals surface area (Å²) >= 11 is 0. The summed E-state index contributed by atoms with van der Waals surface area (Å²) < 4.78 is 74.4. The highest BCUT2D eigenvalue weighted by Gasteiger charge is 2.38. The SMILES string of the molecule is COc1cccc(CN(CCCN2CCCC2)C(=O)Nc2ccc(-c3cn[nH]c3)cc2OC)c1.O=C(O)C(F)(F)F.O=C(O)C(F)(F)F. The fraction of sp³-hybridized carbons (Fsp3) is 0.400. The van der Waals surface area contributed by atoms with Crippen LogP contribution in [0.15, 0.2) is 54.9 Å². The van der Waals surface area contributed by atoms with Crippen LogP contribution in [0.25, 0.3) is 11.1 Å². The lowest BCUT2D eigenvalue weighted by Crippen LogP contribution is -2.36. The largest absolute Gasteiger partial charge is 0.497 e. The van der Waals surface area contributed by atoms with Crippen LogP contribution in [0.4, 0.5) is 36.8 Å². The van der Waals surface area contributed by atoms with Crippen molar-refractivity contribution in [3.05, 3.63) is 60.4 Å². The second-order valence-electron chi connectivity index (χ2n) is 10.1. The van der Waals surface area contributed by atoms with Crippen molar-refractivity contribution < 1.29 is 60.4 Å². The summed E-state index contributed by atoms with van der Waals surface area (Å²) in [5.41, 5.74) is 3.58. The molecular formula is C30H35F6N5O7. The molecule has 4 rings (SSSR count). The maximum atomic E-state index is 13.4. The molecule has 0 unspecified atom stereocenters. The molecule has 264 valence electrons. The normalized spacial score (nSPS) is 12.9. The van der Waals surface area contributed by atoms with E-state index in [-0.39, 0.29) is 6.03 Å². The van der Waals surface area contributed by atoms with Gasteiger partial charge in [0.15, 0.2) is 0 Å². The maximum Gasteiger partial charge on any atom is 0.490 e. The van der Waals surface area contributed by atoms with E-state index < -0.39 is 24.3 Å². The summed E-state index contributed by atoms with van der Waals surface area (Å²) in [5, 5.41) is 24.1. The molecule has 0 aliphatic carbocycles. The van der Waals surface area contributed by atoms with Crippen LogP contribution in [0.1, 0.15) is 24.8 Å². The number of methoxy groups -OCH3 is 2. The Labute approximate surface area is 271 Å². The first-order chi connectivity index (χ1) is 22.5. The zero-order valence-electron chi connectivity index (χ0n) is 25.9. The zero-order valence-corrected chi connectivity index (χ0v) is 25.9. The van der Waals surface area contributed by atoms with Gasteiger partial charge < -0.3 is 34.8 Å². The first-order valence-electron chi connectivity index (χ1n) is 14.2. The van der Waals surface area contributed by atoms with Crippen molar-refractivity contribution in [2.24, 2.45) is 0 Å². The van der Waals surface area contributed by atoms with Crippen molar-refractivity contribution in [1.29, 1.82) is 0 Å². The Morgan fingerprint density at radius 1 is 0.938 bits per heavy atom. The molecule has 48 heavy (non-hydrogen) atoms. The number of likely N-dealkylation sites (tertiary alicyclic amines) is 1. The highest BCUT2D eigenvalue weighted by molar-refractivity contribution is 5.91. The van der Waals surface area contributed by atoms with E-state index in [1.807, 2.05) is 53.6 Å². The van der Waals surface area contributed by atoms with Crippen molar-refractivity contribution in [2.75, 3.05) is 45.7 Å². The zero-order chi connectivity index (χ0) is 35.9. The number of aliphatic carboxylic acids is 2. The predicted molar refractivity (Wildman–Crippen MR) is 161 cm³/mol. The second-order valence-corrected chi connectivity index (χ2v) is 10.1. The standard InChI is InChI=1S/C26H33N5O3.2C2HF3O2/c1-33-23-8-5-7-20(15-23)19-31(14-6-13-30-11-3-4-12-30)26(32)29-24-10-9-21(16-25(24)34-2)22-17-27-28-18-22;2*3-2(4,5)1(6)7/h5,7-10,15-18H,3-4,6,11-14,19H2,1-2H3,(H,27,28)(H,29,32);2*(H,6,7). The van der Waals surface area contributed by atoms with Gasteiger partial charge in [-0.3, -0.25) is 5.10 Å². The molecule has 0 saturated carbocycles. The lowest BCUT2D eigenvalue weighted by atomic mass is 10.1. The molecule has 4 N–H and O–H groups in total. The van der Waals surface area contributed by atoms with Crippen LogP contribution in [0, 0.1) is 0 Å². The van der Waals surface area contributed by atoms with Crippen molar-refractivity contribution in [3.63, 3.8) is 0 Å². The molecule has 1 aliphatic rings. The number of rotatable bonds is 10. The van der Waals surface area contributed by atoms with Crippen LogP contribution in [0.5, 0.6) is 11.5 Å². The molecular weight excluding hydrogens is 656 g/mol. The first-order valence-corrected chi connectivity index (χ1v) is 14.2. The van der Waals surface area contributed by atoms with Gasteiger partial charge in [0.25, 0.3) is 0 Å². The summed E-state index contributed by atoms with van der Waals surface area (Å²) in [6.07, 6.45) is -3.13. The van der Waals surface area contributed by atoms with Gasteiger partial charge in [0.2, 0.25) is 0 Å². The van der Waals surface area contributed by atoms with E-state index in [0.29, 0.717) is 24.5 Å². The monoisotopic (exact) mass is 691 g/mol. The van der Waals surface area contributed by atoms with Crippen molar-refractivity contribution >= 4 is 23.7 Å². The molecule has 0 atom stereocenters. The second kappa shape index (κ2) is 18.4. The Morgan fingerprint density at radius 2 is 1.56 bits per heavy atom. The predicted octanol–water partition coefficient (Wildman–Crippen LogP) is 5.88. The molecule has 2 aromatic carbocycles. The third-order valence-electron chi connectivity index (χ3n) is 6.66. The van der Waals surface area contributed by atoms with Gasteiger partial charge in [-0.2, -0.15) is 31.4 Å². The van der Waals surface area contributed by atoms with Crippen LogP contribution < -0.4 is 14.8 Å². The van der Waals surface area contributed by atoms with Gasteiger partial charge in [-0.05, 0) is 74.3 Å². The van der Waals surface area contributed by atoms with E-state index in [4.69, 9.17) is 29.3 Å². The number of carboxylic acid groups (broad SMARTS) is 2. The maximum absolute atomic E-state index is 13.4. The van der Waals surface area contributed by atoms with E-state index in [1.54, 1.807) is 20.4 Å². The van der Waals surface area contributed by atoms with Gasteiger partial charge in [0, 0.05) is 24.8 Å².